The Bertz CT molecular complexity index is 940. The van der Waals surface area contributed by atoms with Crippen molar-refractivity contribution in [3.63, 3.8) is 0 Å². The fourth-order valence-electron chi connectivity index (χ4n) is 4.11. The number of benzene rings is 1. The minimum absolute atomic E-state index is 0.0175. The minimum Gasteiger partial charge on any atom is -0.495 e. The van der Waals surface area contributed by atoms with Gasteiger partial charge in [0.2, 0.25) is 21.8 Å². The summed E-state index contributed by atoms with van der Waals surface area (Å²) in [5.41, 5.74) is 0.392. The number of methoxy groups -OCH3 is 1. The Labute approximate surface area is 182 Å². The van der Waals surface area contributed by atoms with Crippen LogP contribution in [0.25, 0.3) is 0 Å². The van der Waals surface area contributed by atoms with Crippen molar-refractivity contribution in [1.82, 2.24) is 9.21 Å². The SMILES string of the molecule is COc1ccc(NC(=O)C2CCCN(C(=O)C3CC3)C2)cc1S(=O)(=O)N1CCOCC1. The Balaban J connectivity index is 1.48. The maximum Gasteiger partial charge on any atom is 0.246 e. The van der Waals surface area contributed by atoms with Crippen molar-refractivity contribution in [2.75, 3.05) is 51.8 Å². The number of morpholine rings is 1. The maximum absolute atomic E-state index is 13.1. The predicted molar refractivity (Wildman–Crippen MR) is 113 cm³/mol. The van der Waals surface area contributed by atoms with Crippen LogP contribution in [0.3, 0.4) is 0 Å². The summed E-state index contributed by atoms with van der Waals surface area (Å²) >= 11 is 0. The van der Waals surface area contributed by atoms with Crippen molar-refractivity contribution in [1.29, 1.82) is 0 Å². The standard InChI is InChI=1S/C21H29N3O6S/c1-29-18-7-6-17(13-19(18)31(27,28)24-9-11-30-12-10-24)22-20(25)16-3-2-8-23(14-16)21(26)15-4-5-15/h6-7,13,15-16H,2-5,8-12,14H2,1H3,(H,22,25). The summed E-state index contributed by atoms with van der Waals surface area (Å²) in [6, 6.07) is 4.62. The predicted octanol–water partition coefficient (Wildman–Crippen LogP) is 1.30. The van der Waals surface area contributed by atoms with Crippen molar-refractivity contribution in [3.8, 4) is 5.75 Å². The number of hydrogen-bond acceptors (Lipinski definition) is 6. The van der Waals surface area contributed by atoms with Crippen LogP contribution in [0.4, 0.5) is 5.69 Å². The van der Waals surface area contributed by atoms with E-state index < -0.39 is 10.0 Å². The van der Waals surface area contributed by atoms with Gasteiger partial charge in [-0.3, -0.25) is 9.59 Å². The molecule has 2 aliphatic heterocycles. The van der Waals surface area contributed by atoms with E-state index in [9.17, 15) is 18.0 Å². The molecular weight excluding hydrogens is 422 g/mol. The molecule has 31 heavy (non-hydrogen) atoms. The summed E-state index contributed by atoms with van der Waals surface area (Å²) in [6.45, 7) is 2.34. The van der Waals surface area contributed by atoms with Gasteiger partial charge in [0.1, 0.15) is 10.6 Å². The molecule has 3 aliphatic rings. The second kappa shape index (κ2) is 9.13. The summed E-state index contributed by atoms with van der Waals surface area (Å²) in [5, 5.41) is 2.84. The number of nitrogens with zero attached hydrogens (tertiary/aromatic N) is 2. The van der Waals surface area contributed by atoms with Crippen molar-refractivity contribution in [3.05, 3.63) is 18.2 Å². The number of piperidine rings is 1. The van der Waals surface area contributed by atoms with E-state index in [1.165, 1.54) is 17.5 Å². The zero-order chi connectivity index (χ0) is 22.0. The Kier molecular flexibility index (Phi) is 6.49. The molecule has 1 saturated carbocycles. The van der Waals surface area contributed by atoms with Gasteiger partial charge in [0.15, 0.2) is 0 Å². The summed E-state index contributed by atoms with van der Waals surface area (Å²) in [7, 11) is -2.37. The van der Waals surface area contributed by atoms with Crippen molar-refractivity contribution in [2.45, 2.75) is 30.6 Å². The highest BCUT2D eigenvalue weighted by atomic mass is 32.2. The second-order valence-electron chi connectivity index (χ2n) is 8.27. The highest BCUT2D eigenvalue weighted by molar-refractivity contribution is 7.89. The molecule has 1 aromatic rings. The number of hydrogen-bond donors (Lipinski definition) is 1. The van der Waals surface area contributed by atoms with Crippen LogP contribution < -0.4 is 10.1 Å². The maximum atomic E-state index is 13.1. The summed E-state index contributed by atoms with van der Waals surface area (Å²) < 4.78 is 38.1. The molecule has 1 aromatic carbocycles. The Hall–Kier alpha value is -2.17. The number of anilines is 1. The van der Waals surface area contributed by atoms with E-state index >= 15 is 0 Å². The topological polar surface area (TPSA) is 105 Å². The molecule has 1 unspecified atom stereocenters. The Morgan fingerprint density at radius 3 is 2.52 bits per heavy atom. The van der Waals surface area contributed by atoms with Crippen LogP contribution >= 0.6 is 0 Å². The Morgan fingerprint density at radius 2 is 1.84 bits per heavy atom. The number of carbonyl (C=O) groups excluding carboxylic acids is 2. The number of sulfonamides is 1. The van der Waals surface area contributed by atoms with E-state index in [4.69, 9.17) is 9.47 Å². The number of amides is 2. The van der Waals surface area contributed by atoms with Gasteiger partial charge in [-0.25, -0.2) is 8.42 Å². The van der Waals surface area contributed by atoms with Crippen LogP contribution in [0.15, 0.2) is 23.1 Å². The van der Waals surface area contributed by atoms with Crippen LogP contribution in [0, 0.1) is 11.8 Å². The van der Waals surface area contributed by atoms with Gasteiger partial charge in [0.25, 0.3) is 0 Å². The molecular formula is C21H29N3O6S. The molecule has 10 heteroatoms. The smallest absolute Gasteiger partial charge is 0.246 e. The third-order valence-corrected chi connectivity index (χ3v) is 7.97. The second-order valence-corrected chi connectivity index (χ2v) is 10.2. The van der Waals surface area contributed by atoms with Gasteiger partial charge in [0, 0.05) is 37.8 Å². The van der Waals surface area contributed by atoms with Gasteiger partial charge in [-0.15, -0.1) is 0 Å². The molecule has 2 amide bonds. The zero-order valence-electron chi connectivity index (χ0n) is 17.7. The van der Waals surface area contributed by atoms with Crippen molar-refractivity contribution >= 4 is 27.5 Å². The van der Waals surface area contributed by atoms with Crippen LogP contribution in [-0.2, 0) is 24.3 Å². The van der Waals surface area contributed by atoms with E-state index in [1.54, 1.807) is 17.0 Å². The van der Waals surface area contributed by atoms with Gasteiger partial charge >= 0.3 is 0 Å². The number of carbonyl (C=O) groups is 2. The van der Waals surface area contributed by atoms with Gasteiger partial charge < -0.3 is 19.7 Å². The average Bonchev–Trinajstić information content (AvgIpc) is 3.64. The molecule has 1 aliphatic carbocycles. The van der Waals surface area contributed by atoms with Crippen LogP contribution in [-0.4, -0.2) is 75.9 Å². The fraction of sp³-hybridized carbons (Fsp3) is 0.619. The van der Waals surface area contributed by atoms with Gasteiger partial charge in [-0.2, -0.15) is 4.31 Å². The summed E-state index contributed by atoms with van der Waals surface area (Å²) in [5.74, 6) is 0.00610. The lowest BCUT2D eigenvalue weighted by molar-refractivity contribution is -0.135. The van der Waals surface area contributed by atoms with Gasteiger partial charge in [-0.05, 0) is 43.9 Å². The average molecular weight is 452 g/mol. The number of rotatable bonds is 6. The van der Waals surface area contributed by atoms with Crippen LogP contribution in [0.2, 0.25) is 0 Å². The molecule has 3 fully saturated rings. The zero-order valence-corrected chi connectivity index (χ0v) is 18.5. The van der Waals surface area contributed by atoms with Crippen LogP contribution in [0.5, 0.6) is 5.75 Å². The van der Waals surface area contributed by atoms with E-state index in [2.05, 4.69) is 5.32 Å². The monoisotopic (exact) mass is 451 g/mol. The molecule has 0 spiro atoms. The molecule has 0 bridgehead atoms. The highest BCUT2D eigenvalue weighted by Gasteiger charge is 2.37. The molecule has 4 rings (SSSR count). The molecule has 0 aromatic heterocycles. The molecule has 2 saturated heterocycles. The third-order valence-electron chi connectivity index (χ3n) is 6.05. The molecule has 0 radical (unpaired) electrons. The number of ether oxygens (including phenoxy) is 2. The molecule has 9 nitrogen and oxygen atoms in total. The third kappa shape index (κ3) is 4.86. The van der Waals surface area contributed by atoms with Gasteiger partial charge in [0.05, 0.1) is 26.2 Å². The lowest BCUT2D eigenvalue weighted by atomic mass is 9.96. The minimum atomic E-state index is -3.79. The van der Waals surface area contributed by atoms with Gasteiger partial charge in [-0.1, -0.05) is 0 Å². The largest absolute Gasteiger partial charge is 0.495 e. The first-order chi connectivity index (χ1) is 14.9. The van der Waals surface area contributed by atoms with Crippen LogP contribution in [0.1, 0.15) is 25.7 Å². The van der Waals surface area contributed by atoms with E-state index in [-0.39, 0.29) is 47.4 Å². The number of likely N-dealkylation sites (tertiary alicyclic amines) is 1. The normalized spacial score (nSPS) is 22.7. The quantitative estimate of drug-likeness (QED) is 0.699. The molecule has 2 heterocycles. The van der Waals surface area contributed by atoms with Crippen molar-refractivity contribution in [2.24, 2.45) is 11.8 Å². The fourth-order valence-corrected chi connectivity index (χ4v) is 5.70. The first-order valence-electron chi connectivity index (χ1n) is 10.8. The summed E-state index contributed by atoms with van der Waals surface area (Å²) in [4.78, 5) is 27.1. The number of nitrogens with one attached hydrogen (secondary N) is 1. The first kappa shape index (κ1) is 22.0. The first-order valence-corrected chi connectivity index (χ1v) is 12.2. The van der Waals surface area contributed by atoms with E-state index in [0.717, 1.165) is 19.3 Å². The molecule has 1 atom stereocenters. The lowest BCUT2D eigenvalue weighted by Crippen LogP contribution is -2.44. The van der Waals surface area contributed by atoms with E-state index in [1.807, 2.05) is 0 Å². The molecule has 170 valence electrons. The van der Waals surface area contributed by atoms with Crippen molar-refractivity contribution < 1.29 is 27.5 Å². The Morgan fingerprint density at radius 1 is 1.10 bits per heavy atom. The molecule has 1 N–H and O–H groups in total. The highest BCUT2D eigenvalue weighted by Crippen LogP contribution is 2.33. The summed E-state index contributed by atoms with van der Waals surface area (Å²) in [6.07, 6.45) is 3.38. The van der Waals surface area contributed by atoms with E-state index in [0.29, 0.717) is 38.4 Å². The lowest BCUT2D eigenvalue weighted by Gasteiger charge is -2.32.